The number of imide groups is 3. The van der Waals surface area contributed by atoms with E-state index in [9.17, 15) is 19.2 Å². The molecule has 0 unspecified atom stereocenters. The van der Waals surface area contributed by atoms with Crippen LogP contribution in [0.25, 0.3) is 16.5 Å². The monoisotopic (exact) mass is 650 g/mol. The molecule has 0 N–H and O–H groups in total. The molecule has 246 valence electrons. The Hall–Kier alpha value is -5.84. The third-order valence-electron chi connectivity index (χ3n) is 7.15. The minimum absolute atomic E-state index is 0.109. The summed E-state index contributed by atoms with van der Waals surface area (Å²) in [5, 5.41) is 0.379. The number of rotatable bonds is 5. The standard InChI is InChI=1S/C37H34N2O9/c1-36(2,3)47-34(42)38-19-25(24-18-23(16-17-26(24)38)44-20-22-12-8-7-9-13-22)30-31(29-21-45-27-14-10-11-15-28(27)46-29)33(41)39(32(30)40)35(43)48-37(4,5)6/h7-19,21H,20H2,1-6H3. The molecule has 11 heteroatoms. The van der Waals surface area contributed by atoms with Crippen LogP contribution in [0.5, 0.6) is 17.2 Å². The van der Waals surface area contributed by atoms with Gasteiger partial charge in [-0.25, -0.2) is 9.59 Å². The molecule has 48 heavy (non-hydrogen) atoms. The first-order chi connectivity index (χ1) is 22.7. The summed E-state index contributed by atoms with van der Waals surface area (Å²) in [5.74, 6) is -0.929. The van der Waals surface area contributed by atoms with Crippen LogP contribution in [0.2, 0.25) is 0 Å². The van der Waals surface area contributed by atoms with Crippen molar-refractivity contribution in [2.75, 3.05) is 0 Å². The molecule has 3 amide bonds. The van der Waals surface area contributed by atoms with Gasteiger partial charge in [-0.3, -0.25) is 14.2 Å². The first-order valence-electron chi connectivity index (χ1n) is 15.3. The van der Waals surface area contributed by atoms with Gasteiger partial charge >= 0.3 is 12.2 Å². The Bertz CT molecular complexity index is 2020. The van der Waals surface area contributed by atoms with Gasteiger partial charge in [0.15, 0.2) is 17.3 Å². The summed E-state index contributed by atoms with van der Waals surface area (Å²) in [5.41, 5.74) is -0.846. The van der Waals surface area contributed by atoms with Gasteiger partial charge in [0.05, 0.1) is 16.7 Å². The Morgan fingerprint density at radius 2 is 1.38 bits per heavy atom. The third kappa shape index (κ3) is 6.39. The number of para-hydroxylation sites is 2. The average molecular weight is 651 g/mol. The van der Waals surface area contributed by atoms with E-state index in [2.05, 4.69) is 0 Å². The fourth-order valence-electron chi connectivity index (χ4n) is 5.18. The maximum Gasteiger partial charge on any atom is 0.424 e. The van der Waals surface area contributed by atoms with Gasteiger partial charge in [-0.05, 0) is 77.4 Å². The van der Waals surface area contributed by atoms with Crippen molar-refractivity contribution in [3.05, 3.63) is 108 Å². The minimum Gasteiger partial charge on any atom is -0.489 e. The third-order valence-corrected chi connectivity index (χ3v) is 7.15. The fraction of sp³-hybridized carbons (Fsp3) is 0.243. The summed E-state index contributed by atoms with van der Waals surface area (Å²) in [6.07, 6.45) is 0.718. The fourth-order valence-corrected chi connectivity index (χ4v) is 5.18. The maximum atomic E-state index is 14.3. The average Bonchev–Trinajstić information content (AvgIpc) is 3.52. The number of ether oxygens (including phenoxy) is 5. The van der Waals surface area contributed by atoms with Crippen molar-refractivity contribution < 1.29 is 42.9 Å². The molecule has 2 aliphatic rings. The number of nitrogens with zero attached hydrogens (tertiary/aromatic N) is 2. The van der Waals surface area contributed by atoms with E-state index in [1.807, 2.05) is 30.3 Å². The van der Waals surface area contributed by atoms with Crippen molar-refractivity contribution in [1.82, 2.24) is 9.47 Å². The molecule has 0 aliphatic carbocycles. The second-order valence-corrected chi connectivity index (χ2v) is 13.2. The first-order valence-corrected chi connectivity index (χ1v) is 15.3. The number of carbonyl (C=O) groups is 4. The molecule has 0 bridgehead atoms. The van der Waals surface area contributed by atoms with Crippen LogP contribution >= 0.6 is 0 Å². The summed E-state index contributed by atoms with van der Waals surface area (Å²) in [6.45, 7) is 10.3. The zero-order chi connectivity index (χ0) is 34.4. The van der Waals surface area contributed by atoms with E-state index in [-0.39, 0.29) is 29.1 Å². The number of carbonyl (C=O) groups excluding carboxylic acids is 4. The molecule has 1 aromatic heterocycles. The summed E-state index contributed by atoms with van der Waals surface area (Å²) >= 11 is 0. The highest BCUT2D eigenvalue weighted by Gasteiger charge is 2.48. The Balaban J connectivity index is 1.53. The SMILES string of the molecule is CC(C)(C)OC(=O)N1C(=O)C(C2=COc3ccccc3O2)=C(c2cn(C(=O)OC(C)(C)C)c3ccc(OCc4ccccc4)cc23)C1=O. The topological polar surface area (TPSA) is 123 Å². The van der Waals surface area contributed by atoms with Crippen molar-refractivity contribution in [3.63, 3.8) is 0 Å². The lowest BCUT2D eigenvalue weighted by Crippen LogP contribution is -2.41. The second kappa shape index (κ2) is 12.1. The zero-order valence-corrected chi connectivity index (χ0v) is 27.4. The molecule has 0 saturated heterocycles. The van der Waals surface area contributed by atoms with Crippen LogP contribution in [0, 0.1) is 0 Å². The van der Waals surface area contributed by atoms with Gasteiger partial charge in [0, 0.05) is 17.1 Å². The van der Waals surface area contributed by atoms with Crippen molar-refractivity contribution >= 4 is 40.5 Å². The van der Waals surface area contributed by atoms with Gasteiger partial charge in [0.2, 0.25) is 0 Å². The van der Waals surface area contributed by atoms with Gasteiger partial charge in [-0.2, -0.15) is 4.90 Å². The predicted octanol–water partition coefficient (Wildman–Crippen LogP) is 7.37. The molecule has 0 spiro atoms. The van der Waals surface area contributed by atoms with Crippen LogP contribution in [-0.4, -0.2) is 44.7 Å². The second-order valence-electron chi connectivity index (χ2n) is 13.2. The van der Waals surface area contributed by atoms with Crippen LogP contribution in [0.3, 0.4) is 0 Å². The van der Waals surface area contributed by atoms with Gasteiger partial charge in [0.1, 0.15) is 29.8 Å². The van der Waals surface area contributed by atoms with E-state index in [4.69, 9.17) is 23.7 Å². The molecule has 0 saturated carbocycles. The van der Waals surface area contributed by atoms with Gasteiger partial charge in [-0.1, -0.05) is 42.5 Å². The van der Waals surface area contributed by atoms with E-state index in [1.165, 1.54) is 17.0 Å². The van der Waals surface area contributed by atoms with Crippen molar-refractivity contribution in [3.8, 4) is 17.2 Å². The Morgan fingerprint density at radius 1 is 0.750 bits per heavy atom. The van der Waals surface area contributed by atoms with Crippen LogP contribution in [-0.2, 0) is 25.7 Å². The smallest absolute Gasteiger partial charge is 0.424 e. The molecule has 0 fully saturated rings. The molecule has 0 radical (unpaired) electrons. The largest absolute Gasteiger partial charge is 0.489 e. The number of amides is 3. The van der Waals surface area contributed by atoms with E-state index in [0.717, 1.165) is 5.56 Å². The normalized spacial score (nSPS) is 14.7. The van der Waals surface area contributed by atoms with Gasteiger partial charge in [0.25, 0.3) is 11.8 Å². The van der Waals surface area contributed by atoms with Crippen LogP contribution < -0.4 is 14.2 Å². The highest BCUT2D eigenvalue weighted by molar-refractivity contribution is 6.42. The summed E-state index contributed by atoms with van der Waals surface area (Å²) in [4.78, 5) is 55.6. The zero-order valence-electron chi connectivity index (χ0n) is 27.4. The molecule has 11 nitrogen and oxygen atoms in total. The maximum absolute atomic E-state index is 14.3. The van der Waals surface area contributed by atoms with E-state index in [1.54, 1.807) is 84.0 Å². The molecule has 0 atom stereocenters. The van der Waals surface area contributed by atoms with Crippen molar-refractivity contribution in [1.29, 1.82) is 0 Å². The van der Waals surface area contributed by atoms with E-state index < -0.39 is 35.2 Å². The van der Waals surface area contributed by atoms with Crippen LogP contribution in [0.4, 0.5) is 9.59 Å². The van der Waals surface area contributed by atoms with Crippen molar-refractivity contribution in [2.24, 2.45) is 0 Å². The summed E-state index contributed by atoms with van der Waals surface area (Å²) < 4.78 is 30.3. The minimum atomic E-state index is -1.16. The molecule has 2 aliphatic heterocycles. The Labute approximate surface area is 276 Å². The van der Waals surface area contributed by atoms with Gasteiger partial charge < -0.3 is 23.7 Å². The van der Waals surface area contributed by atoms with Crippen LogP contribution in [0.15, 0.2) is 96.6 Å². The van der Waals surface area contributed by atoms with Gasteiger partial charge in [-0.15, -0.1) is 0 Å². The molecule has 6 rings (SSSR count). The van der Waals surface area contributed by atoms with E-state index >= 15 is 0 Å². The number of fused-ring (bicyclic) bond motifs is 2. The summed E-state index contributed by atoms with van der Waals surface area (Å²) in [7, 11) is 0. The molecular formula is C37H34N2O9. The molecule has 3 heterocycles. The van der Waals surface area contributed by atoms with Crippen LogP contribution in [0.1, 0.15) is 52.7 Å². The highest BCUT2D eigenvalue weighted by atomic mass is 16.6. The Kier molecular flexibility index (Phi) is 8.08. The lowest BCUT2D eigenvalue weighted by molar-refractivity contribution is -0.135. The van der Waals surface area contributed by atoms with E-state index in [0.29, 0.717) is 33.1 Å². The lowest BCUT2D eigenvalue weighted by Gasteiger charge is -2.23. The predicted molar refractivity (Wildman–Crippen MR) is 175 cm³/mol. The number of benzene rings is 3. The molecular weight excluding hydrogens is 616 g/mol. The molecule has 3 aromatic carbocycles. The quantitative estimate of drug-likeness (QED) is 0.204. The summed E-state index contributed by atoms with van der Waals surface area (Å²) in [6, 6.07) is 21.4. The Morgan fingerprint density at radius 3 is 2.06 bits per heavy atom. The number of hydrogen-bond acceptors (Lipinski definition) is 9. The van der Waals surface area contributed by atoms with Crippen molar-refractivity contribution in [2.45, 2.75) is 59.4 Å². The molecule has 4 aromatic rings. The number of hydrogen-bond donors (Lipinski definition) is 0. The first kappa shape index (κ1) is 32.1. The highest BCUT2D eigenvalue weighted by Crippen LogP contribution is 2.42. The number of aromatic nitrogens is 1. The lowest BCUT2D eigenvalue weighted by atomic mass is 9.99.